The number of carbonyl (C=O) groups is 1. The van der Waals surface area contributed by atoms with Crippen molar-refractivity contribution in [2.75, 3.05) is 22.0 Å². The predicted molar refractivity (Wildman–Crippen MR) is 157 cm³/mol. The van der Waals surface area contributed by atoms with Crippen LogP contribution in [0.4, 0.5) is 10.8 Å². The second-order valence-electron chi connectivity index (χ2n) is 8.65. The number of carbonyl (C=O) groups excluding carboxylic acids is 1. The number of aromatic nitrogens is 5. The van der Waals surface area contributed by atoms with Gasteiger partial charge in [0.2, 0.25) is 15.9 Å². The van der Waals surface area contributed by atoms with Crippen molar-refractivity contribution >= 4 is 61.0 Å². The molecular formula is C26H23N7O4S3. The van der Waals surface area contributed by atoms with Gasteiger partial charge < -0.3 is 5.32 Å². The Bertz CT molecular complexity index is 1840. The second kappa shape index (κ2) is 11.9. The van der Waals surface area contributed by atoms with Gasteiger partial charge >= 0.3 is 0 Å². The Morgan fingerprint density at radius 1 is 1.05 bits per heavy atom. The van der Waals surface area contributed by atoms with E-state index < -0.39 is 10.0 Å². The summed E-state index contributed by atoms with van der Waals surface area (Å²) in [4.78, 5) is 43.3. The van der Waals surface area contributed by atoms with Crippen molar-refractivity contribution in [2.24, 2.45) is 0 Å². The molecule has 0 fully saturated rings. The van der Waals surface area contributed by atoms with E-state index in [4.69, 9.17) is 0 Å². The molecule has 0 atom stereocenters. The normalized spacial score (nSPS) is 11.4. The summed E-state index contributed by atoms with van der Waals surface area (Å²) in [5.41, 5.74) is 2.87. The molecule has 40 heavy (non-hydrogen) atoms. The summed E-state index contributed by atoms with van der Waals surface area (Å²) in [5.74, 6) is -0.326. The largest absolute Gasteiger partial charge is 0.301 e. The van der Waals surface area contributed by atoms with Crippen LogP contribution in [0.3, 0.4) is 0 Å². The van der Waals surface area contributed by atoms with E-state index in [1.165, 1.54) is 28.3 Å². The number of hydrogen-bond acceptors (Lipinski definition) is 10. The first-order chi connectivity index (χ1) is 19.2. The van der Waals surface area contributed by atoms with Crippen LogP contribution in [0.1, 0.15) is 5.56 Å². The number of amides is 1. The predicted octanol–water partition coefficient (Wildman–Crippen LogP) is 3.66. The standard InChI is InChI=1S/C26H23N7O4S3/c1-40(36,37)32-19-9-5-8-18(14-19)20-15-38-25(29-20)30-21(34)16-39-26-31-23-22(27-11-12-28-23)24(35)33(26)13-10-17-6-3-2-4-7-17/h2-9,11-12,14-15,32H,10,13,16H2,1H3,(H,29,30,34). The zero-order valence-electron chi connectivity index (χ0n) is 21.1. The van der Waals surface area contributed by atoms with E-state index in [1.807, 2.05) is 30.3 Å². The summed E-state index contributed by atoms with van der Waals surface area (Å²) in [5, 5.41) is 5.31. The number of thiazole rings is 1. The fraction of sp³-hybridized carbons (Fsp3) is 0.154. The van der Waals surface area contributed by atoms with E-state index >= 15 is 0 Å². The zero-order chi connectivity index (χ0) is 28.1. The molecule has 0 saturated heterocycles. The van der Waals surface area contributed by atoms with Crippen LogP contribution in [0.2, 0.25) is 0 Å². The fourth-order valence-electron chi connectivity index (χ4n) is 3.83. The topological polar surface area (TPSA) is 149 Å². The second-order valence-corrected chi connectivity index (χ2v) is 12.2. The average Bonchev–Trinajstić information content (AvgIpc) is 3.40. The molecule has 0 radical (unpaired) electrons. The highest BCUT2D eigenvalue weighted by Crippen LogP contribution is 2.27. The molecule has 0 spiro atoms. The highest BCUT2D eigenvalue weighted by Gasteiger charge is 2.16. The summed E-state index contributed by atoms with van der Waals surface area (Å²) in [6, 6.07) is 16.6. The number of rotatable bonds is 10. The van der Waals surface area contributed by atoms with Crippen molar-refractivity contribution in [3.8, 4) is 11.3 Å². The highest BCUT2D eigenvalue weighted by atomic mass is 32.2. The van der Waals surface area contributed by atoms with Gasteiger partial charge in [-0.2, -0.15) is 0 Å². The maximum Gasteiger partial charge on any atom is 0.282 e. The first-order valence-corrected chi connectivity index (χ1v) is 15.7. The lowest BCUT2D eigenvalue weighted by molar-refractivity contribution is -0.113. The van der Waals surface area contributed by atoms with Gasteiger partial charge in [-0.05, 0) is 24.1 Å². The molecule has 0 aliphatic rings. The summed E-state index contributed by atoms with van der Waals surface area (Å²) in [6.45, 7) is 0.370. The van der Waals surface area contributed by atoms with Gasteiger partial charge in [0.05, 0.1) is 17.7 Å². The van der Waals surface area contributed by atoms with Crippen molar-refractivity contribution < 1.29 is 13.2 Å². The smallest absolute Gasteiger partial charge is 0.282 e. The van der Waals surface area contributed by atoms with Gasteiger partial charge in [0.15, 0.2) is 21.5 Å². The molecule has 3 aromatic heterocycles. The Morgan fingerprint density at radius 2 is 1.85 bits per heavy atom. The number of aryl methyl sites for hydroxylation is 1. The molecule has 5 aromatic rings. The Morgan fingerprint density at radius 3 is 2.65 bits per heavy atom. The fourth-order valence-corrected chi connectivity index (χ4v) is 5.93. The number of hydrogen-bond donors (Lipinski definition) is 2. The minimum absolute atomic E-state index is 0.00771. The van der Waals surface area contributed by atoms with Gasteiger partial charge in [0, 0.05) is 35.6 Å². The lowest BCUT2D eigenvalue weighted by Gasteiger charge is -2.12. The summed E-state index contributed by atoms with van der Waals surface area (Å²) < 4.78 is 27.0. The molecule has 2 aromatic carbocycles. The maximum atomic E-state index is 13.2. The number of sulfonamides is 1. The Hall–Kier alpha value is -4.14. The molecule has 0 unspecified atom stereocenters. The van der Waals surface area contributed by atoms with E-state index in [0.717, 1.165) is 23.6 Å². The maximum absolute atomic E-state index is 13.2. The van der Waals surface area contributed by atoms with E-state index in [9.17, 15) is 18.0 Å². The minimum Gasteiger partial charge on any atom is -0.301 e. The summed E-state index contributed by atoms with van der Waals surface area (Å²) in [6.07, 6.45) is 4.61. The van der Waals surface area contributed by atoms with E-state index in [0.29, 0.717) is 40.2 Å². The molecule has 0 bridgehead atoms. The van der Waals surface area contributed by atoms with Gasteiger partial charge in [0.25, 0.3) is 5.56 Å². The number of anilines is 2. The summed E-state index contributed by atoms with van der Waals surface area (Å²) >= 11 is 2.38. The van der Waals surface area contributed by atoms with Crippen molar-refractivity contribution in [1.82, 2.24) is 24.5 Å². The van der Waals surface area contributed by atoms with Gasteiger partial charge in [0.1, 0.15) is 0 Å². The van der Waals surface area contributed by atoms with Crippen LogP contribution in [0.15, 0.2) is 82.3 Å². The molecule has 11 nitrogen and oxygen atoms in total. The zero-order valence-corrected chi connectivity index (χ0v) is 23.6. The number of nitrogens with one attached hydrogen (secondary N) is 2. The molecule has 0 aliphatic carbocycles. The molecule has 1 amide bonds. The highest BCUT2D eigenvalue weighted by molar-refractivity contribution is 7.99. The monoisotopic (exact) mass is 593 g/mol. The van der Waals surface area contributed by atoms with Crippen LogP contribution in [0, 0.1) is 0 Å². The van der Waals surface area contributed by atoms with Gasteiger partial charge in [-0.15, -0.1) is 11.3 Å². The molecule has 14 heteroatoms. The molecule has 3 heterocycles. The van der Waals surface area contributed by atoms with E-state index in [-0.39, 0.29) is 28.4 Å². The van der Waals surface area contributed by atoms with Crippen LogP contribution in [-0.2, 0) is 27.8 Å². The molecule has 0 saturated carbocycles. The van der Waals surface area contributed by atoms with Gasteiger partial charge in [-0.25, -0.2) is 28.4 Å². The average molecular weight is 594 g/mol. The van der Waals surface area contributed by atoms with Crippen LogP contribution in [0.5, 0.6) is 0 Å². The first-order valence-electron chi connectivity index (χ1n) is 12.0. The van der Waals surface area contributed by atoms with Gasteiger partial charge in [-0.3, -0.25) is 18.9 Å². The van der Waals surface area contributed by atoms with Crippen LogP contribution >= 0.6 is 23.1 Å². The van der Waals surface area contributed by atoms with Crippen LogP contribution < -0.4 is 15.6 Å². The molecule has 204 valence electrons. The Kier molecular flexibility index (Phi) is 8.19. The van der Waals surface area contributed by atoms with Crippen molar-refractivity contribution in [2.45, 2.75) is 18.1 Å². The first kappa shape index (κ1) is 27.4. The van der Waals surface area contributed by atoms with E-state index in [2.05, 4.69) is 30.0 Å². The van der Waals surface area contributed by atoms with Crippen molar-refractivity contribution in [3.63, 3.8) is 0 Å². The molecule has 0 aliphatic heterocycles. The molecule has 5 rings (SSSR count). The third kappa shape index (κ3) is 6.89. The minimum atomic E-state index is -3.41. The van der Waals surface area contributed by atoms with Crippen molar-refractivity contribution in [1.29, 1.82) is 0 Å². The third-order valence-corrected chi connectivity index (χ3v) is 7.91. The molecule has 2 N–H and O–H groups in total. The number of benzene rings is 2. The van der Waals surface area contributed by atoms with Gasteiger partial charge in [-0.1, -0.05) is 54.2 Å². The third-order valence-electron chi connectivity index (χ3n) is 5.57. The lowest BCUT2D eigenvalue weighted by atomic mass is 10.1. The Balaban J connectivity index is 1.29. The van der Waals surface area contributed by atoms with Crippen molar-refractivity contribution in [3.05, 3.63) is 88.3 Å². The number of thioether (sulfide) groups is 1. The van der Waals surface area contributed by atoms with Crippen LogP contribution in [0.25, 0.3) is 22.4 Å². The number of fused-ring (bicyclic) bond motifs is 1. The number of nitrogens with zero attached hydrogens (tertiary/aromatic N) is 5. The quantitative estimate of drug-likeness (QED) is 0.183. The van der Waals surface area contributed by atoms with E-state index in [1.54, 1.807) is 29.6 Å². The van der Waals surface area contributed by atoms with Crippen LogP contribution in [-0.4, -0.2) is 50.8 Å². The molecular weight excluding hydrogens is 571 g/mol. The lowest BCUT2D eigenvalue weighted by Crippen LogP contribution is -2.26. The Labute approximate surface area is 237 Å². The SMILES string of the molecule is CS(=O)(=O)Nc1cccc(-c2csc(NC(=O)CSc3nc4nccnc4c(=O)n3CCc3ccccc3)n2)c1. The summed E-state index contributed by atoms with van der Waals surface area (Å²) in [7, 11) is -3.41.